The molecule has 0 spiro atoms. The van der Waals surface area contributed by atoms with Crippen LogP contribution in [0.1, 0.15) is 80.1 Å². The number of aliphatic imine (C=N–C) groups is 1. The van der Waals surface area contributed by atoms with Crippen molar-refractivity contribution in [2.75, 3.05) is 18.5 Å². The number of fused-ring (bicyclic) bond motifs is 2. The summed E-state index contributed by atoms with van der Waals surface area (Å²) >= 11 is 0. The lowest BCUT2D eigenvalue weighted by atomic mass is 10.0. The molecule has 1 fully saturated rings. The number of anilines is 1. The topological polar surface area (TPSA) is 135 Å². The highest BCUT2D eigenvalue weighted by atomic mass is 16.5. The quantitative estimate of drug-likeness (QED) is 0.0942. The van der Waals surface area contributed by atoms with Gasteiger partial charge in [0.15, 0.2) is 11.6 Å². The highest BCUT2D eigenvalue weighted by Gasteiger charge is 2.31. The Morgan fingerprint density at radius 1 is 0.855 bits per heavy atom. The predicted molar refractivity (Wildman–Crippen MR) is 211 cm³/mol. The van der Waals surface area contributed by atoms with E-state index in [-0.39, 0.29) is 55.5 Å². The fraction of sp³-hybridized carbons (Fsp3) is 0.295. The summed E-state index contributed by atoms with van der Waals surface area (Å²) in [5.74, 6) is 0.107. The lowest BCUT2D eigenvalue weighted by Gasteiger charge is -2.32. The number of ketones is 2. The van der Waals surface area contributed by atoms with Gasteiger partial charge in [-0.15, -0.1) is 0 Å². The number of aliphatic hydroxyl groups is 1. The Morgan fingerprint density at radius 3 is 2.31 bits per heavy atom. The Kier molecular flexibility index (Phi) is 11.2. The average molecular weight is 740 g/mol. The molecule has 3 aromatic carbocycles. The van der Waals surface area contributed by atoms with Gasteiger partial charge in [-0.3, -0.25) is 24.2 Å². The molecular formula is C44H45N5O6. The SMILES string of the molecule is Cn1cc(NC(=O)CCCOc2cc3c(cc2CO)C(=O)N2CCCC[C@H]2C=N3)cc1C(=O)Cc1ccc(-c2cc(C(=O)Cc3ccccc3)n(C)c2)cc1. The average Bonchev–Trinajstić information content (AvgIpc) is 3.73. The van der Waals surface area contributed by atoms with Gasteiger partial charge in [0.25, 0.3) is 5.91 Å². The Hall–Kier alpha value is -6.07. The third-order valence-electron chi connectivity index (χ3n) is 10.3. The van der Waals surface area contributed by atoms with Crippen molar-refractivity contribution in [1.29, 1.82) is 0 Å². The lowest BCUT2D eigenvalue weighted by Crippen LogP contribution is -2.43. The van der Waals surface area contributed by atoms with Crippen molar-refractivity contribution in [3.63, 3.8) is 0 Å². The number of amides is 2. The van der Waals surface area contributed by atoms with E-state index in [1.807, 2.05) is 89.6 Å². The van der Waals surface area contributed by atoms with E-state index in [1.165, 1.54) is 0 Å². The molecule has 11 nitrogen and oxygen atoms in total. The molecule has 7 rings (SSSR count). The third-order valence-corrected chi connectivity index (χ3v) is 10.3. The summed E-state index contributed by atoms with van der Waals surface area (Å²) in [6.07, 6.45) is 9.51. The molecule has 11 heteroatoms. The van der Waals surface area contributed by atoms with Crippen LogP contribution in [0.3, 0.4) is 0 Å². The standard InChI is InChI=1S/C44H45N5O6/c1-47-26-32(22-38(47)40(51)19-29-9-4-3-5-10-29)31-15-13-30(14-16-31)20-41(52)39-23-34(27-48(39)2)46-43(53)12-8-18-55-42-24-37-36(21-33(42)28-50)44(54)49-17-7-6-11-35(49)25-45-37/h3-5,9-10,13-16,21-27,35,50H,6-8,11-12,17-20,28H2,1-2H3,(H,46,53)/t35-/m0/s1. The maximum atomic E-state index is 13.3. The van der Waals surface area contributed by atoms with Gasteiger partial charge < -0.3 is 29.2 Å². The molecule has 0 aliphatic carbocycles. The molecule has 0 saturated carbocycles. The fourth-order valence-electron chi connectivity index (χ4n) is 7.35. The highest BCUT2D eigenvalue weighted by Crippen LogP contribution is 2.34. The van der Waals surface area contributed by atoms with E-state index in [9.17, 15) is 24.3 Å². The maximum absolute atomic E-state index is 13.3. The predicted octanol–water partition coefficient (Wildman–Crippen LogP) is 6.88. The zero-order valence-electron chi connectivity index (χ0n) is 31.2. The molecule has 2 aromatic heterocycles. The zero-order valence-corrected chi connectivity index (χ0v) is 31.2. The number of piperidine rings is 1. The van der Waals surface area contributed by atoms with Crippen LogP contribution >= 0.6 is 0 Å². The Morgan fingerprint density at radius 2 is 1.56 bits per heavy atom. The summed E-state index contributed by atoms with van der Waals surface area (Å²) in [4.78, 5) is 58.8. The number of hydrogen-bond acceptors (Lipinski definition) is 7. The summed E-state index contributed by atoms with van der Waals surface area (Å²) in [6.45, 7) is 0.621. The molecule has 2 aliphatic heterocycles. The Labute approximate surface area is 320 Å². The number of hydrogen-bond donors (Lipinski definition) is 2. The second-order valence-electron chi connectivity index (χ2n) is 14.3. The van der Waals surface area contributed by atoms with Crippen molar-refractivity contribution >= 4 is 41.0 Å². The van der Waals surface area contributed by atoms with E-state index < -0.39 is 0 Å². The van der Waals surface area contributed by atoms with Crippen LogP contribution in [0.2, 0.25) is 0 Å². The fourth-order valence-corrected chi connectivity index (χ4v) is 7.35. The van der Waals surface area contributed by atoms with Crippen LogP contribution in [0.15, 0.2) is 96.2 Å². The van der Waals surface area contributed by atoms with Gasteiger partial charge >= 0.3 is 0 Å². The van der Waals surface area contributed by atoms with Gasteiger partial charge in [-0.2, -0.15) is 0 Å². The molecule has 0 radical (unpaired) electrons. The number of nitrogens with zero attached hydrogens (tertiary/aromatic N) is 4. The number of ether oxygens (including phenoxy) is 1. The largest absolute Gasteiger partial charge is 0.493 e. The molecule has 1 atom stereocenters. The van der Waals surface area contributed by atoms with E-state index in [4.69, 9.17) is 4.74 Å². The minimum Gasteiger partial charge on any atom is -0.493 e. The van der Waals surface area contributed by atoms with Crippen LogP contribution in [0, 0.1) is 0 Å². The smallest absolute Gasteiger partial charge is 0.256 e. The third kappa shape index (κ3) is 8.52. The first kappa shape index (κ1) is 37.3. The molecule has 0 bridgehead atoms. The monoisotopic (exact) mass is 739 g/mol. The normalized spacial score (nSPS) is 14.9. The number of rotatable bonds is 14. The number of carbonyl (C=O) groups excluding carboxylic acids is 4. The van der Waals surface area contributed by atoms with Gasteiger partial charge in [-0.1, -0.05) is 54.6 Å². The van der Waals surface area contributed by atoms with Gasteiger partial charge in [0.2, 0.25) is 5.91 Å². The van der Waals surface area contributed by atoms with Crippen LogP contribution in [-0.4, -0.2) is 67.9 Å². The van der Waals surface area contributed by atoms with Crippen LogP contribution in [0.5, 0.6) is 5.75 Å². The van der Waals surface area contributed by atoms with Crippen molar-refractivity contribution < 1.29 is 29.0 Å². The molecular weight excluding hydrogens is 695 g/mol. The number of nitrogens with one attached hydrogen (secondary N) is 1. The Balaban J connectivity index is 0.900. The molecule has 55 heavy (non-hydrogen) atoms. The number of aryl methyl sites for hydroxylation is 2. The second kappa shape index (κ2) is 16.5. The summed E-state index contributed by atoms with van der Waals surface area (Å²) in [5.41, 5.74) is 6.83. The summed E-state index contributed by atoms with van der Waals surface area (Å²) in [6, 6.07) is 24.4. The van der Waals surface area contributed by atoms with Gasteiger partial charge in [0.1, 0.15) is 5.75 Å². The van der Waals surface area contributed by atoms with Crippen molar-refractivity contribution in [2.24, 2.45) is 19.1 Å². The van der Waals surface area contributed by atoms with E-state index in [2.05, 4.69) is 10.3 Å². The molecule has 5 aromatic rings. The van der Waals surface area contributed by atoms with Crippen LogP contribution in [0.4, 0.5) is 11.4 Å². The van der Waals surface area contributed by atoms with Crippen molar-refractivity contribution in [3.8, 4) is 16.9 Å². The minimum atomic E-state index is -0.294. The second-order valence-corrected chi connectivity index (χ2v) is 14.3. The molecule has 282 valence electrons. The van der Waals surface area contributed by atoms with E-state index in [0.717, 1.165) is 41.5 Å². The van der Waals surface area contributed by atoms with E-state index >= 15 is 0 Å². The maximum Gasteiger partial charge on any atom is 0.256 e. The number of benzene rings is 3. The number of aromatic nitrogens is 2. The van der Waals surface area contributed by atoms with Gasteiger partial charge in [0, 0.05) is 75.7 Å². The number of Topliss-reactive ketones (excluding diaryl/α,β-unsaturated/α-hetero) is 2. The van der Waals surface area contributed by atoms with E-state index in [1.54, 1.807) is 36.0 Å². The minimum absolute atomic E-state index is 0.0219. The first-order chi connectivity index (χ1) is 26.7. The molecule has 4 heterocycles. The zero-order chi connectivity index (χ0) is 38.5. The molecule has 2 amide bonds. The van der Waals surface area contributed by atoms with Gasteiger partial charge in [0.05, 0.1) is 47.6 Å². The molecule has 2 aliphatic rings. The van der Waals surface area contributed by atoms with Crippen molar-refractivity contribution in [1.82, 2.24) is 14.0 Å². The first-order valence-corrected chi connectivity index (χ1v) is 18.7. The number of aliphatic hydroxyl groups excluding tert-OH is 1. The molecule has 1 saturated heterocycles. The van der Waals surface area contributed by atoms with E-state index in [0.29, 0.717) is 59.0 Å². The highest BCUT2D eigenvalue weighted by molar-refractivity contribution is 6.03. The van der Waals surface area contributed by atoms with Crippen molar-refractivity contribution in [2.45, 2.75) is 57.6 Å². The molecule has 0 unspecified atom stereocenters. The summed E-state index contributed by atoms with van der Waals surface area (Å²) in [5, 5.41) is 12.9. The van der Waals surface area contributed by atoms with Crippen LogP contribution in [0.25, 0.3) is 11.1 Å². The van der Waals surface area contributed by atoms with Gasteiger partial charge in [-0.25, -0.2) is 0 Å². The molecule has 2 N–H and O–H groups in total. The van der Waals surface area contributed by atoms with Gasteiger partial charge in [-0.05, 0) is 60.6 Å². The summed E-state index contributed by atoms with van der Waals surface area (Å²) in [7, 11) is 3.64. The van der Waals surface area contributed by atoms with Crippen LogP contribution in [-0.2, 0) is 38.3 Å². The summed E-state index contributed by atoms with van der Waals surface area (Å²) < 4.78 is 9.53. The number of carbonyl (C=O) groups is 4. The van der Waals surface area contributed by atoms with Crippen LogP contribution < -0.4 is 10.1 Å². The lowest BCUT2D eigenvalue weighted by molar-refractivity contribution is -0.116. The first-order valence-electron chi connectivity index (χ1n) is 18.7. The Bertz CT molecular complexity index is 2250. The van der Waals surface area contributed by atoms with Crippen molar-refractivity contribution in [3.05, 3.63) is 125 Å².